The summed E-state index contributed by atoms with van der Waals surface area (Å²) in [5.74, 6) is -6.95. The summed E-state index contributed by atoms with van der Waals surface area (Å²) in [6, 6.07) is 4.72. The lowest BCUT2D eigenvalue weighted by molar-refractivity contribution is -0.272. The second-order valence-corrected chi connectivity index (χ2v) is 8.31. The smallest absolute Gasteiger partial charge is 0.417 e. The Bertz CT molecular complexity index is 1050. The molecule has 4 atom stereocenters. The predicted molar refractivity (Wildman–Crippen MR) is 109 cm³/mol. The van der Waals surface area contributed by atoms with E-state index in [0.717, 1.165) is 26.2 Å². The molecule has 6 nitrogen and oxygen atoms in total. The van der Waals surface area contributed by atoms with E-state index in [1.807, 2.05) is 0 Å². The number of hydrogen-bond acceptors (Lipinski definition) is 5. The zero-order chi connectivity index (χ0) is 24.0. The number of pyridine rings is 1. The van der Waals surface area contributed by atoms with Crippen molar-refractivity contribution >= 4 is 33.3 Å². The molecule has 1 amide bonds. The van der Waals surface area contributed by atoms with Crippen LogP contribution in [0.5, 0.6) is 5.75 Å². The molecule has 1 aliphatic rings. The number of rotatable bonds is 4. The van der Waals surface area contributed by atoms with Gasteiger partial charge in [0, 0.05) is 17.4 Å². The van der Waals surface area contributed by atoms with E-state index in [1.54, 1.807) is 0 Å². The van der Waals surface area contributed by atoms with E-state index in [2.05, 4.69) is 26.2 Å². The van der Waals surface area contributed by atoms with Gasteiger partial charge in [0.1, 0.15) is 16.5 Å². The first-order valence-electron chi connectivity index (χ1n) is 9.31. The van der Waals surface area contributed by atoms with E-state index in [1.165, 1.54) is 19.1 Å². The maximum Gasteiger partial charge on any atom is 0.417 e. The molecule has 1 saturated heterocycles. The summed E-state index contributed by atoms with van der Waals surface area (Å²) >= 11 is 3.11. The summed E-state index contributed by atoms with van der Waals surface area (Å²) in [7, 11) is 1.05. The van der Waals surface area contributed by atoms with E-state index in [9.17, 15) is 26.7 Å². The highest BCUT2D eigenvalue weighted by Gasteiger charge is 2.65. The summed E-state index contributed by atoms with van der Waals surface area (Å²) in [5, 5.41) is 2.40. The maximum atomic E-state index is 14.3. The van der Waals surface area contributed by atoms with Crippen molar-refractivity contribution in [1.82, 2.24) is 4.98 Å². The fourth-order valence-corrected chi connectivity index (χ4v) is 4.12. The normalized spacial score (nSPS) is 25.6. The van der Waals surface area contributed by atoms with Crippen molar-refractivity contribution in [2.75, 3.05) is 18.2 Å². The molecule has 0 saturated carbocycles. The van der Waals surface area contributed by atoms with E-state index in [0.29, 0.717) is 4.60 Å². The van der Waals surface area contributed by atoms with Gasteiger partial charge in [-0.05, 0) is 41.1 Å². The molecule has 12 heteroatoms. The molecular weight excluding hydrogens is 505 g/mol. The molecule has 1 aromatic heterocycles. The van der Waals surface area contributed by atoms with Crippen LogP contribution in [0.25, 0.3) is 0 Å². The molecule has 3 rings (SSSR count). The number of nitrogens with zero attached hydrogens (tertiary/aromatic N) is 1. The number of carbonyl (C=O) groups excluding carboxylic acids is 1. The second-order valence-electron chi connectivity index (χ2n) is 7.50. The predicted octanol–water partition coefficient (Wildman–Crippen LogP) is 4.79. The van der Waals surface area contributed by atoms with E-state index in [4.69, 9.17) is 15.2 Å². The first-order chi connectivity index (χ1) is 14.8. The van der Waals surface area contributed by atoms with Crippen molar-refractivity contribution in [1.29, 1.82) is 0 Å². The van der Waals surface area contributed by atoms with Gasteiger partial charge in [-0.15, -0.1) is 0 Å². The molecule has 32 heavy (non-hydrogen) atoms. The van der Waals surface area contributed by atoms with Crippen LogP contribution in [-0.4, -0.2) is 35.9 Å². The van der Waals surface area contributed by atoms with Gasteiger partial charge in [0.05, 0.1) is 12.8 Å². The lowest BCUT2D eigenvalue weighted by Gasteiger charge is -2.32. The third-order valence-corrected chi connectivity index (χ3v) is 6.16. The average Bonchev–Trinajstić information content (AvgIpc) is 2.98. The van der Waals surface area contributed by atoms with Crippen LogP contribution in [0.3, 0.4) is 0 Å². The number of alkyl halides is 3. The number of ether oxygens (including phenoxy) is 2. The lowest BCUT2D eigenvalue weighted by atomic mass is 9.77. The monoisotopic (exact) mass is 523 g/mol. The number of nitrogen functional groups attached to an aromatic ring is 1. The number of carbonyl (C=O) groups is 1. The van der Waals surface area contributed by atoms with Crippen LogP contribution in [-0.2, 0) is 9.53 Å². The zero-order valence-electron chi connectivity index (χ0n) is 17.1. The van der Waals surface area contributed by atoms with Gasteiger partial charge in [-0.3, -0.25) is 4.79 Å². The lowest BCUT2D eigenvalue weighted by Crippen LogP contribution is -2.47. The minimum atomic E-state index is -4.86. The largest absolute Gasteiger partial charge is 0.493 e. The molecule has 0 spiro atoms. The van der Waals surface area contributed by atoms with Crippen LogP contribution in [0.1, 0.15) is 25.3 Å². The van der Waals surface area contributed by atoms with Gasteiger partial charge in [-0.1, -0.05) is 13.0 Å². The first kappa shape index (κ1) is 24.2. The number of amides is 1. The van der Waals surface area contributed by atoms with E-state index < -0.39 is 53.0 Å². The summed E-state index contributed by atoms with van der Waals surface area (Å²) in [6.07, 6.45) is -6.58. The van der Waals surface area contributed by atoms with Gasteiger partial charge in [-0.25, -0.2) is 9.37 Å². The zero-order valence-corrected chi connectivity index (χ0v) is 18.6. The Morgan fingerprint density at radius 3 is 2.50 bits per heavy atom. The molecule has 2 aromatic rings. The number of hydrogen-bond donors (Lipinski definition) is 2. The van der Waals surface area contributed by atoms with Gasteiger partial charge in [-0.2, -0.15) is 17.6 Å². The quantitative estimate of drug-likeness (QED) is 0.444. The number of methoxy groups -OCH3 is 1. The van der Waals surface area contributed by atoms with Gasteiger partial charge in [0.2, 0.25) is 5.82 Å². The third-order valence-electron chi connectivity index (χ3n) is 5.72. The number of benzene rings is 1. The SMILES string of the molecule is COc1c([C@H]2[C@H](C(=O)Nc3ccc(Br)nc3N)O[C@@](C)(C(F)(F)F)[C@H]2C)ccc(F)c1F. The molecule has 0 aliphatic carbocycles. The molecular formula is C20H19BrF5N3O3. The third kappa shape index (κ3) is 4.01. The summed E-state index contributed by atoms with van der Waals surface area (Å²) in [5.41, 5.74) is 2.92. The fraction of sp³-hybridized carbons (Fsp3) is 0.400. The minimum Gasteiger partial charge on any atom is -0.493 e. The summed E-state index contributed by atoms with van der Waals surface area (Å²) in [4.78, 5) is 16.9. The number of aromatic nitrogens is 1. The van der Waals surface area contributed by atoms with Crippen molar-refractivity contribution in [2.24, 2.45) is 5.92 Å². The van der Waals surface area contributed by atoms with Crippen LogP contribution < -0.4 is 15.8 Å². The van der Waals surface area contributed by atoms with Crippen molar-refractivity contribution in [3.05, 3.63) is 46.1 Å². The standard InChI is InChI=1S/C20H19BrF5N3O3/c1-8-13(9-4-5-10(22)14(23)15(9)31-3)16(32-19(8,2)20(24,25)26)18(30)28-11-6-7-12(21)29-17(11)27/h4-8,13,16H,1-3H3,(H2,27,29)(H,28,30)/t8-,13-,16+,19+/m0/s1. The summed E-state index contributed by atoms with van der Waals surface area (Å²) in [6.45, 7) is 2.03. The Morgan fingerprint density at radius 1 is 1.28 bits per heavy atom. The van der Waals surface area contributed by atoms with Crippen molar-refractivity contribution in [3.8, 4) is 5.75 Å². The summed E-state index contributed by atoms with van der Waals surface area (Å²) < 4.78 is 80.4. The average molecular weight is 524 g/mol. The van der Waals surface area contributed by atoms with E-state index >= 15 is 0 Å². The number of nitrogens with two attached hydrogens (primary N) is 1. The fourth-order valence-electron chi connectivity index (χ4n) is 3.80. The van der Waals surface area contributed by atoms with E-state index in [-0.39, 0.29) is 17.1 Å². The highest BCUT2D eigenvalue weighted by Crippen LogP contribution is 2.55. The molecule has 1 aliphatic heterocycles. The maximum absolute atomic E-state index is 14.3. The van der Waals surface area contributed by atoms with Gasteiger partial charge >= 0.3 is 6.18 Å². The first-order valence-corrected chi connectivity index (χ1v) is 10.1. The van der Waals surface area contributed by atoms with Crippen LogP contribution in [0, 0.1) is 17.6 Å². The van der Waals surface area contributed by atoms with Crippen LogP contribution in [0.15, 0.2) is 28.9 Å². The van der Waals surface area contributed by atoms with Crippen molar-refractivity contribution in [2.45, 2.75) is 37.6 Å². The van der Waals surface area contributed by atoms with Gasteiger partial charge in [0.15, 0.2) is 17.2 Å². The Balaban J connectivity index is 2.09. The highest BCUT2D eigenvalue weighted by atomic mass is 79.9. The molecule has 1 aromatic carbocycles. The molecule has 0 unspecified atom stereocenters. The minimum absolute atomic E-state index is 0.0473. The molecule has 174 valence electrons. The number of nitrogens with one attached hydrogen (secondary N) is 1. The number of halogens is 6. The van der Waals surface area contributed by atoms with Crippen molar-refractivity contribution in [3.63, 3.8) is 0 Å². The second kappa shape index (κ2) is 8.47. The topological polar surface area (TPSA) is 86.5 Å². The molecule has 1 fully saturated rings. The molecule has 0 radical (unpaired) electrons. The Kier molecular flexibility index (Phi) is 6.40. The number of anilines is 2. The molecule has 2 heterocycles. The van der Waals surface area contributed by atoms with Crippen LogP contribution in [0.2, 0.25) is 0 Å². The van der Waals surface area contributed by atoms with Crippen LogP contribution in [0.4, 0.5) is 33.5 Å². The van der Waals surface area contributed by atoms with Gasteiger partial charge in [0.25, 0.3) is 5.91 Å². The Labute approximate surface area is 188 Å². The molecule has 0 bridgehead atoms. The van der Waals surface area contributed by atoms with Crippen molar-refractivity contribution < 1.29 is 36.2 Å². The Morgan fingerprint density at radius 2 is 1.94 bits per heavy atom. The van der Waals surface area contributed by atoms with Crippen LogP contribution >= 0.6 is 15.9 Å². The Hall–Kier alpha value is -2.47. The van der Waals surface area contributed by atoms with Gasteiger partial charge < -0.3 is 20.5 Å². The molecule has 3 N–H and O–H groups in total. The highest BCUT2D eigenvalue weighted by molar-refractivity contribution is 9.10.